The topological polar surface area (TPSA) is 103 Å². The van der Waals surface area contributed by atoms with E-state index in [1.165, 1.54) is 18.2 Å². The molecule has 0 atom stereocenters. The minimum Gasteiger partial charge on any atom is -0.258 e. The Labute approximate surface area is 193 Å². The highest BCUT2D eigenvalue weighted by Crippen LogP contribution is 2.31. The van der Waals surface area contributed by atoms with Gasteiger partial charge in [0.15, 0.2) is 5.82 Å². The fourth-order valence-corrected chi connectivity index (χ4v) is 3.15. The summed E-state index contributed by atoms with van der Waals surface area (Å²) in [6.07, 6.45) is -3.75. The van der Waals surface area contributed by atoms with Crippen LogP contribution in [0.5, 0.6) is 0 Å². The number of hydrogen-bond donors (Lipinski definition) is 3. The van der Waals surface area contributed by atoms with E-state index in [0.717, 1.165) is 23.3 Å². The average Bonchev–Trinajstić information content (AvgIpc) is 2.81. The maximum atomic E-state index is 13.2. The predicted octanol–water partition coefficient (Wildman–Crippen LogP) is 4.20. The monoisotopic (exact) mass is 470 g/mol. The summed E-state index contributed by atoms with van der Waals surface area (Å²) >= 11 is 0. The smallest absolute Gasteiger partial charge is 0.258 e. The van der Waals surface area contributed by atoms with Gasteiger partial charge < -0.3 is 0 Å². The first-order chi connectivity index (χ1) is 16.3. The van der Waals surface area contributed by atoms with Crippen LogP contribution in [0.3, 0.4) is 0 Å². The molecule has 3 aromatic carbocycles. The van der Waals surface area contributed by atoms with Crippen molar-refractivity contribution < 1.29 is 17.6 Å². The number of hydrogen-bond acceptors (Lipinski definition) is 6. The van der Waals surface area contributed by atoms with Crippen molar-refractivity contribution in [2.75, 3.05) is 0 Å². The van der Waals surface area contributed by atoms with Crippen LogP contribution in [0, 0.1) is 5.82 Å². The van der Waals surface area contributed by atoms with Crippen LogP contribution in [-0.2, 0) is 19.0 Å². The Balaban J connectivity index is 0.00000103. The summed E-state index contributed by atoms with van der Waals surface area (Å²) in [5, 5.41) is 0. The lowest BCUT2D eigenvalue weighted by atomic mass is 10.1. The average molecular weight is 470 g/mol. The molecule has 1 aromatic heterocycles. The van der Waals surface area contributed by atoms with Gasteiger partial charge in [0.2, 0.25) is 0 Å². The summed E-state index contributed by atoms with van der Waals surface area (Å²) in [6.45, 7) is 0. The predicted molar refractivity (Wildman–Crippen MR) is 120 cm³/mol. The summed E-state index contributed by atoms with van der Waals surface area (Å²) in [6, 6.07) is 20.4. The van der Waals surface area contributed by atoms with Crippen LogP contribution < -0.4 is 17.2 Å². The lowest BCUT2D eigenvalue weighted by Gasteiger charge is -2.10. The van der Waals surface area contributed by atoms with E-state index in [0.29, 0.717) is 24.5 Å². The lowest BCUT2D eigenvalue weighted by molar-refractivity contribution is -0.137. The summed E-state index contributed by atoms with van der Waals surface area (Å²) < 4.78 is 52.7. The molecule has 1 heterocycles. The molecule has 0 aliphatic heterocycles. The van der Waals surface area contributed by atoms with Crippen LogP contribution in [-0.4, -0.2) is 15.0 Å². The van der Waals surface area contributed by atoms with Crippen molar-refractivity contribution >= 4 is 0 Å². The molecule has 0 spiro atoms. The van der Waals surface area contributed by atoms with Gasteiger partial charge in [0, 0.05) is 18.4 Å². The Morgan fingerprint density at radius 2 is 1.26 bits per heavy atom. The van der Waals surface area contributed by atoms with E-state index in [2.05, 4.69) is 26.6 Å². The number of nitrogens with one attached hydrogen (secondary N) is 1. The Kier molecular flexibility index (Phi) is 8.36. The van der Waals surface area contributed by atoms with Crippen LogP contribution in [0.25, 0.3) is 11.4 Å². The quantitative estimate of drug-likeness (QED) is 0.230. The Morgan fingerprint density at radius 1 is 0.706 bits per heavy atom. The number of halogens is 4. The molecule has 0 saturated heterocycles. The molecule has 5 N–H and O–H groups in total. The minimum absolute atomic E-state index is 0.171. The highest BCUT2D eigenvalue weighted by Gasteiger charge is 2.30. The molecule has 0 fully saturated rings. The SMILES string of the molecule is Fc1ccc(Cc2nc(Cc3ccccc3)nc(-c3cccc(C(F)(F)F)c3)n2)cc1.NNN. The van der Waals surface area contributed by atoms with Crippen molar-refractivity contribution in [3.63, 3.8) is 0 Å². The number of hydrazine groups is 2. The van der Waals surface area contributed by atoms with E-state index in [1.54, 1.807) is 23.7 Å². The second-order valence-electron chi connectivity index (χ2n) is 7.20. The summed E-state index contributed by atoms with van der Waals surface area (Å²) in [4.78, 5) is 13.3. The van der Waals surface area contributed by atoms with E-state index in [1.807, 2.05) is 30.3 Å². The van der Waals surface area contributed by atoms with Gasteiger partial charge in [-0.25, -0.2) is 19.3 Å². The Hall–Kier alpha value is -3.73. The molecule has 34 heavy (non-hydrogen) atoms. The van der Waals surface area contributed by atoms with Crippen LogP contribution >= 0.6 is 0 Å². The molecule has 0 amide bonds. The first-order valence-electron chi connectivity index (χ1n) is 10.1. The van der Waals surface area contributed by atoms with Crippen LogP contribution in [0.4, 0.5) is 17.6 Å². The minimum atomic E-state index is -4.47. The molecule has 6 nitrogen and oxygen atoms in total. The number of alkyl halides is 3. The molecule has 0 saturated carbocycles. The molecule has 0 aliphatic rings. The Bertz CT molecular complexity index is 1200. The summed E-state index contributed by atoms with van der Waals surface area (Å²) in [5.74, 6) is 9.42. The molecule has 0 radical (unpaired) electrons. The molecule has 4 rings (SSSR count). The number of nitrogens with two attached hydrogens (primary N) is 2. The van der Waals surface area contributed by atoms with Crippen molar-refractivity contribution in [1.29, 1.82) is 0 Å². The van der Waals surface area contributed by atoms with Gasteiger partial charge in [-0.2, -0.15) is 18.7 Å². The zero-order valence-electron chi connectivity index (χ0n) is 17.9. The highest BCUT2D eigenvalue weighted by molar-refractivity contribution is 5.56. The molecule has 176 valence electrons. The number of nitrogens with zero attached hydrogens (tertiary/aromatic N) is 3. The molecular weight excluding hydrogens is 448 g/mol. The summed E-state index contributed by atoms with van der Waals surface area (Å²) in [5.41, 5.74) is 2.99. The third-order valence-corrected chi connectivity index (χ3v) is 4.66. The van der Waals surface area contributed by atoms with Gasteiger partial charge in [0.1, 0.15) is 17.5 Å². The number of rotatable bonds is 5. The maximum Gasteiger partial charge on any atom is 0.416 e. The van der Waals surface area contributed by atoms with Crippen molar-refractivity contribution in [2.24, 2.45) is 11.7 Å². The van der Waals surface area contributed by atoms with Crippen molar-refractivity contribution in [2.45, 2.75) is 19.0 Å². The van der Waals surface area contributed by atoms with Crippen LogP contribution in [0.15, 0.2) is 78.9 Å². The molecule has 4 aromatic rings. The first kappa shape index (κ1) is 24.9. The summed E-state index contributed by atoms with van der Waals surface area (Å²) in [7, 11) is 0. The normalized spacial score (nSPS) is 11.0. The van der Waals surface area contributed by atoms with E-state index < -0.39 is 11.7 Å². The number of aromatic nitrogens is 3. The molecule has 10 heteroatoms. The van der Waals surface area contributed by atoms with Crippen LogP contribution in [0.2, 0.25) is 0 Å². The zero-order valence-corrected chi connectivity index (χ0v) is 17.9. The van der Waals surface area contributed by atoms with E-state index in [4.69, 9.17) is 0 Å². The molecular formula is C24H22F4N6. The molecule has 0 aliphatic carbocycles. The molecule has 0 bridgehead atoms. The van der Waals surface area contributed by atoms with E-state index >= 15 is 0 Å². The highest BCUT2D eigenvalue weighted by atomic mass is 19.4. The Morgan fingerprint density at radius 3 is 1.82 bits per heavy atom. The van der Waals surface area contributed by atoms with Gasteiger partial charge in [-0.3, -0.25) is 11.7 Å². The second-order valence-corrected chi connectivity index (χ2v) is 7.20. The van der Waals surface area contributed by atoms with E-state index in [9.17, 15) is 17.6 Å². The fraction of sp³-hybridized carbons (Fsp3) is 0.125. The third-order valence-electron chi connectivity index (χ3n) is 4.66. The van der Waals surface area contributed by atoms with Gasteiger partial charge in [0.05, 0.1) is 5.56 Å². The lowest BCUT2D eigenvalue weighted by Crippen LogP contribution is -2.29. The van der Waals surface area contributed by atoms with Gasteiger partial charge in [-0.1, -0.05) is 54.6 Å². The van der Waals surface area contributed by atoms with Gasteiger partial charge in [-0.05, 0) is 35.4 Å². The first-order valence-corrected chi connectivity index (χ1v) is 10.1. The van der Waals surface area contributed by atoms with Gasteiger partial charge in [-0.15, -0.1) is 0 Å². The van der Waals surface area contributed by atoms with Crippen molar-refractivity contribution in [3.05, 3.63) is 113 Å². The maximum absolute atomic E-state index is 13.2. The van der Waals surface area contributed by atoms with Crippen molar-refractivity contribution in [3.8, 4) is 11.4 Å². The third kappa shape index (κ3) is 7.14. The zero-order chi connectivity index (χ0) is 24.6. The molecule has 0 unspecified atom stereocenters. The largest absolute Gasteiger partial charge is 0.416 e. The van der Waals surface area contributed by atoms with Gasteiger partial charge in [0.25, 0.3) is 0 Å². The number of benzene rings is 3. The second kappa shape index (κ2) is 11.4. The van der Waals surface area contributed by atoms with Crippen LogP contribution in [0.1, 0.15) is 28.3 Å². The fourth-order valence-electron chi connectivity index (χ4n) is 3.15. The standard InChI is InChI=1S/C24H17F4N3.H5N3/c25-20-11-9-17(10-12-20)14-22-29-21(13-16-5-2-1-3-6-16)30-23(31-22)18-7-4-8-19(15-18)24(26,27)28;1-3-2/h1-12,15H,13-14H2;3H,1-2H2. The van der Waals surface area contributed by atoms with E-state index in [-0.39, 0.29) is 17.2 Å². The van der Waals surface area contributed by atoms with Gasteiger partial charge >= 0.3 is 6.18 Å². The van der Waals surface area contributed by atoms with Crippen molar-refractivity contribution in [1.82, 2.24) is 20.5 Å².